The number of aryl methyl sites for hydroxylation is 1. The van der Waals surface area contributed by atoms with Crippen LogP contribution in [-0.4, -0.2) is 42.2 Å². The van der Waals surface area contributed by atoms with E-state index < -0.39 is 5.60 Å². The molecule has 2 heterocycles. The highest BCUT2D eigenvalue weighted by molar-refractivity contribution is 5.92. The average Bonchev–Trinajstić information content (AvgIpc) is 3.03. The summed E-state index contributed by atoms with van der Waals surface area (Å²) in [4.78, 5) is 25.1. The van der Waals surface area contributed by atoms with Gasteiger partial charge in [0, 0.05) is 24.1 Å². The minimum atomic E-state index is -0.610. The fourth-order valence-electron chi connectivity index (χ4n) is 2.81. The first kappa shape index (κ1) is 15.6. The second-order valence-electron chi connectivity index (χ2n) is 6.41. The highest BCUT2D eigenvalue weighted by Gasteiger charge is 2.29. The minimum Gasteiger partial charge on any atom is -0.390 e. The Bertz CT molecular complexity index is 687. The van der Waals surface area contributed by atoms with Crippen molar-refractivity contribution in [2.24, 2.45) is 0 Å². The van der Waals surface area contributed by atoms with Gasteiger partial charge < -0.3 is 10.4 Å². The average molecular weight is 315 g/mol. The van der Waals surface area contributed by atoms with Gasteiger partial charge in [0.05, 0.1) is 5.60 Å². The molecular formula is C16H21N5O2. The maximum Gasteiger partial charge on any atom is 0.270 e. The Hall–Kier alpha value is -2.28. The number of hydrogen-bond donors (Lipinski definition) is 2. The summed E-state index contributed by atoms with van der Waals surface area (Å²) in [7, 11) is 0. The number of hydrogen-bond acceptors (Lipinski definition) is 5. The normalized spacial score (nSPS) is 24.4. The minimum absolute atomic E-state index is 0.0784. The number of carbonyl (C=O) groups excluding carboxylic acids is 1. The summed E-state index contributed by atoms with van der Waals surface area (Å²) in [5, 5.41) is 13.0. The predicted octanol–water partition coefficient (Wildman–Crippen LogP) is 1.39. The molecule has 2 aromatic heterocycles. The molecule has 1 aliphatic rings. The van der Waals surface area contributed by atoms with Gasteiger partial charge in [-0.2, -0.15) is 0 Å². The van der Waals surface area contributed by atoms with E-state index in [9.17, 15) is 9.90 Å². The number of aromatic nitrogens is 4. The predicted molar refractivity (Wildman–Crippen MR) is 84.2 cm³/mol. The largest absolute Gasteiger partial charge is 0.390 e. The van der Waals surface area contributed by atoms with Crippen LogP contribution in [0.15, 0.2) is 24.8 Å². The summed E-state index contributed by atoms with van der Waals surface area (Å²) in [6, 6.07) is 1.75. The number of imidazole rings is 1. The molecule has 122 valence electrons. The van der Waals surface area contributed by atoms with E-state index >= 15 is 0 Å². The van der Waals surface area contributed by atoms with Gasteiger partial charge in [0.25, 0.3) is 5.91 Å². The smallest absolute Gasteiger partial charge is 0.270 e. The van der Waals surface area contributed by atoms with E-state index in [0.29, 0.717) is 24.5 Å². The van der Waals surface area contributed by atoms with Gasteiger partial charge in [0.2, 0.25) is 5.95 Å². The lowest BCUT2D eigenvalue weighted by molar-refractivity contribution is 0.0140. The topological polar surface area (TPSA) is 92.9 Å². The molecule has 0 aliphatic heterocycles. The number of carbonyl (C=O) groups is 1. The van der Waals surface area contributed by atoms with Crippen LogP contribution >= 0.6 is 0 Å². The molecule has 0 spiro atoms. The SMILES string of the molecule is Cc1cc(C(=O)N[C@H]2CC[C@](C)(O)CC2)nc(-n2ccnc2)n1. The lowest BCUT2D eigenvalue weighted by atomic mass is 9.83. The van der Waals surface area contributed by atoms with Crippen molar-refractivity contribution in [3.8, 4) is 5.95 Å². The molecule has 0 radical (unpaired) electrons. The Morgan fingerprint density at radius 2 is 2.13 bits per heavy atom. The van der Waals surface area contributed by atoms with E-state index in [2.05, 4.69) is 20.3 Å². The van der Waals surface area contributed by atoms with Crippen LogP contribution in [0.2, 0.25) is 0 Å². The van der Waals surface area contributed by atoms with Crippen molar-refractivity contribution in [3.63, 3.8) is 0 Å². The summed E-state index contributed by atoms with van der Waals surface area (Å²) < 4.78 is 1.67. The van der Waals surface area contributed by atoms with Crippen LogP contribution in [-0.2, 0) is 0 Å². The molecule has 2 aromatic rings. The Morgan fingerprint density at radius 1 is 1.39 bits per heavy atom. The second kappa shape index (κ2) is 6.08. The van der Waals surface area contributed by atoms with Crippen molar-refractivity contribution in [1.82, 2.24) is 24.8 Å². The maximum atomic E-state index is 12.5. The molecule has 1 amide bonds. The van der Waals surface area contributed by atoms with Crippen LogP contribution in [0.25, 0.3) is 5.95 Å². The molecule has 1 saturated carbocycles. The molecule has 23 heavy (non-hydrogen) atoms. The summed E-state index contributed by atoms with van der Waals surface area (Å²) in [5.41, 5.74) is 0.459. The molecule has 3 rings (SSSR count). The molecule has 1 aliphatic carbocycles. The number of rotatable bonds is 3. The Balaban J connectivity index is 1.73. The van der Waals surface area contributed by atoms with Crippen LogP contribution in [0.3, 0.4) is 0 Å². The van der Waals surface area contributed by atoms with Crippen molar-refractivity contribution >= 4 is 5.91 Å². The van der Waals surface area contributed by atoms with Gasteiger partial charge in [-0.1, -0.05) is 0 Å². The maximum absolute atomic E-state index is 12.5. The Labute approximate surface area is 134 Å². The van der Waals surface area contributed by atoms with Crippen molar-refractivity contribution in [1.29, 1.82) is 0 Å². The molecule has 0 atom stereocenters. The third kappa shape index (κ3) is 3.73. The van der Waals surface area contributed by atoms with Crippen LogP contribution in [0.5, 0.6) is 0 Å². The first-order valence-electron chi connectivity index (χ1n) is 7.80. The molecule has 1 fully saturated rings. The van der Waals surface area contributed by atoms with E-state index in [4.69, 9.17) is 0 Å². The van der Waals surface area contributed by atoms with Gasteiger partial charge in [-0.25, -0.2) is 15.0 Å². The highest BCUT2D eigenvalue weighted by atomic mass is 16.3. The molecule has 2 N–H and O–H groups in total. The van der Waals surface area contributed by atoms with Crippen LogP contribution < -0.4 is 5.32 Å². The standard InChI is InChI=1S/C16H21N5O2/c1-11-9-13(20-15(18-11)21-8-7-17-10-21)14(22)19-12-3-5-16(2,23)6-4-12/h7-10,12,23H,3-6H2,1-2H3,(H,19,22)/t12-,16-. The second-order valence-corrected chi connectivity index (χ2v) is 6.41. The third-order valence-corrected chi connectivity index (χ3v) is 4.21. The fraction of sp³-hybridized carbons (Fsp3) is 0.500. The van der Waals surface area contributed by atoms with Crippen molar-refractivity contribution in [2.45, 2.75) is 51.2 Å². The van der Waals surface area contributed by atoms with Gasteiger partial charge in [-0.05, 0) is 45.6 Å². The summed E-state index contributed by atoms with van der Waals surface area (Å²) >= 11 is 0. The van der Waals surface area contributed by atoms with Crippen molar-refractivity contribution in [3.05, 3.63) is 36.2 Å². The highest BCUT2D eigenvalue weighted by Crippen LogP contribution is 2.27. The number of nitrogens with one attached hydrogen (secondary N) is 1. The lowest BCUT2D eigenvalue weighted by Gasteiger charge is -2.33. The van der Waals surface area contributed by atoms with E-state index in [1.165, 1.54) is 0 Å². The zero-order chi connectivity index (χ0) is 16.4. The van der Waals surface area contributed by atoms with Gasteiger partial charge in [0.1, 0.15) is 12.0 Å². The molecule has 0 bridgehead atoms. The first-order valence-corrected chi connectivity index (χ1v) is 7.80. The summed E-state index contributed by atoms with van der Waals surface area (Å²) in [5.74, 6) is 0.225. The molecule has 0 aromatic carbocycles. The van der Waals surface area contributed by atoms with Crippen LogP contribution in [0.4, 0.5) is 0 Å². The summed E-state index contributed by atoms with van der Waals surface area (Å²) in [6.45, 7) is 3.67. The quantitative estimate of drug-likeness (QED) is 0.893. The number of amides is 1. The Morgan fingerprint density at radius 3 is 2.78 bits per heavy atom. The van der Waals surface area contributed by atoms with Gasteiger partial charge in [-0.3, -0.25) is 9.36 Å². The van der Waals surface area contributed by atoms with E-state index in [0.717, 1.165) is 18.5 Å². The first-order chi connectivity index (χ1) is 10.9. The van der Waals surface area contributed by atoms with E-state index in [1.807, 2.05) is 13.8 Å². The Kier molecular flexibility index (Phi) is 4.12. The van der Waals surface area contributed by atoms with Gasteiger partial charge in [0.15, 0.2) is 0 Å². The molecule has 7 nitrogen and oxygen atoms in total. The lowest BCUT2D eigenvalue weighted by Crippen LogP contribution is -2.42. The summed E-state index contributed by atoms with van der Waals surface area (Å²) in [6.07, 6.45) is 7.91. The number of aliphatic hydroxyl groups is 1. The van der Waals surface area contributed by atoms with E-state index in [-0.39, 0.29) is 11.9 Å². The monoisotopic (exact) mass is 315 g/mol. The molecule has 7 heteroatoms. The van der Waals surface area contributed by atoms with Crippen LogP contribution in [0.1, 0.15) is 48.8 Å². The zero-order valence-electron chi connectivity index (χ0n) is 13.4. The number of nitrogens with zero attached hydrogens (tertiary/aromatic N) is 4. The van der Waals surface area contributed by atoms with Crippen molar-refractivity contribution in [2.75, 3.05) is 0 Å². The third-order valence-electron chi connectivity index (χ3n) is 4.21. The van der Waals surface area contributed by atoms with Crippen molar-refractivity contribution < 1.29 is 9.90 Å². The molecular weight excluding hydrogens is 294 g/mol. The molecule has 0 saturated heterocycles. The van der Waals surface area contributed by atoms with Gasteiger partial charge in [-0.15, -0.1) is 0 Å². The fourth-order valence-corrected chi connectivity index (χ4v) is 2.81. The van der Waals surface area contributed by atoms with Gasteiger partial charge >= 0.3 is 0 Å². The van der Waals surface area contributed by atoms with Crippen LogP contribution in [0, 0.1) is 6.92 Å². The molecule has 0 unspecified atom stereocenters. The zero-order valence-corrected chi connectivity index (χ0v) is 13.4. The van der Waals surface area contributed by atoms with E-state index in [1.54, 1.807) is 29.4 Å².